The summed E-state index contributed by atoms with van der Waals surface area (Å²) in [5.41, 5.74) is 3.55. The van der Waals surface area contributed by atoms with Gasteiger partial charge in [0.15, 0.2) is 5.76 Å². The van der Waals surface area contributed by atoms with E-state index < -0.39 is 0 Å². The second-order valence-electron chi connectivity index (χ2n) is 6.57. The normalized spacial score (nSPS) is 17.2. The number of aromatic nitrogens is 1. The summed E-state index contributed by atoms with van der Waals surface area (Å²) in [5, 5.41) is 6.78. The van der Waals surface area contributed by atoms with Crippen LogP contribution in [0.25, 0.3) is 0 Å². The highest BCUT2D eigenvalue weighted by molar-refractivity contribution is 5.97. The van der Waals surface area contributed by atoms with Gasteiger partial charge in [0, 0.05) is 25.9 Å². The van der Waals surface area contributed by atoms with Gasteiger partial charge >= 0.3 is 0 Å². The monoisotopic (exact) mass is 341 g/mol. The molecule has 2 aromatic rings. The standard InChI is InChI=1S/C19H23N3O3/c1-4-16-18(13(3)21-25-16)20-19(24)15-9-17(23)22(11-15)10-14-7-5-12(2)6-8-14/h5-8,15H,4,9-11H2,1-3H3,(H,20,24)/t15-/m0/s1. The van der Waals surface area contributed by atoms with Crippen LogP contribution in [0, 0.1) is 19.8 Å². The number of nitrogens with one attached hydrogen (secondary N) is 1. The lowest BCUT2D eigenvalue weighted by atomic mass is 10.1. The van der Waals surface area contributed by atoms with Gasteiger partial charge in [-0.3, -0.25) is 9.59 Å². The number of carbonyl (C=O) groups is 2. The molecule has 2 amide bonds. The van der Waals surface area contributed by atoms with Crippen molar-refractivity contribution in [1.82, 2.24) is 10.1 Å². The Hall–Kier alpha value is -2.63. The third-order valence-corrected chi connectivity index (χ3v) is 4.58. The van der Waals surface area contributed by atoms with Crippen molar-refractivity contribution in [3.05, 3.63) is 46.8 Å². The summed E-state index contributed by atoms with van der Waals surface area (Å²) in [6.07, 6.45) is 0.892. The van der Waals surface area contributed by atoms with Crippen LogP contribution in [0.4, 0.5) is 5.69 Å². The van der Waals surface area contributed by atoms with Gasteiger partial charge in [-0.1, -0.05) is 41.9 Å². The summed E-state index contributed by atoms with van der Waals surface area (Å²) >= 11 is 0. The highest BCUT2D eigenvalue weighted by Gasteiger charge is 2.34. The molecule has 1 atom stereocenters. The lowest BCUT2D eigenvalue weighted by molar-refractivity contribution is -0.128. The van der Waals surface area contributed by atoms with Crippen LogP contribution in [0.15, 0.2) is 28.8 Å². The van der Waals surface area contributed by atoms with Crippen LogP contribution in [-0.2, 0) is 22.6 Å². The molecule has 6 heteroatoms. The number of anilines is 1. The molecular formula is C19H23N3O3. The average Bonchev–Trinajstić information content (AvgIpc) is 3.13. The third-order valence-electron chi connectivity index (χ3n) is 4.58. The van der Waals surface area contributed by atoms with Gasteiger partial charge in [0.05, 0.1) is 5.92 Å². The molecule has 3 rings (SSSR count). The molecule has 1 fully saturated rings. The van der Waals surface area contributed by atoms with Crippen molar-refractivity contribution in [1.29, 1.82) is 0 Å². The van der Waals surface area contributed by atoms with E-state index in [4.69, 9.17) is 4.52 Å². The van der Waals surface area contributed by atoms with Gasteiger partial charge in [0.1, 0.15) is 11.4 Å². The fraction of sp³-hybridized carbons (Fsp3) is 0.421. The number of hydrogen-bond acceptors (Lipinski definition) is 4. The topological polar surface area (TPSA) is 75.4 Å². The van der Waals surface area contributed by atoms with Gasteiger partial charge in [-0.05, 0) is 19.4 Å². The fourth-order valence-electron chi connectivity index (χ4n) is 3.06. The van der Waals surface area contributed by atoms with Crippen molar-refractivity contribution < 1.29 is 14.1 Å². The first-order valence-corrected chi connectivity index (χ1v) is 8.57. The van der Waals surface area contributed by atoms with Gasteiger partial charge in [0.2, 0.25) is 11.8 Å². The van der Waals surface area contributed by atoms with Crippen LogP contribution >= 0.6 is 0 Å². The maximum atomic E-state index is 12.6. The van der Waals surface area contributed by atoms with Crippen LogP contribution in [0.1, 0.15) is 35.9 Å². The molecule has 0 bridgehead atoms. The maximum absolute atomic E-state index is 12.6. The maximum Gasteiger partial charge on any atom is 0.229 e. The predicted molar refractivity (Wildman–Crippen MR) is 94.0 cm³/mol. The van der Waals surface area contributed by atoms with Gasteiger partial charge < -0.3 is 14.7 Å². The van der Waals surface area contributed by atoms with E-state index in [-0.39, 0.29) is 24.2 Å². The first-order valence-electron chi connectivity index (χ1n) is 8.57. The van der Waals surface area contributed by atoms with Gasteiger partial charge in [-0.25, -0.2) is 0 Å². The van der Waals surface area contributed by atoms with E-state index in [0.29, 0.717) is 36.7 Å². The zero-order chi connectivity index (χ0) is 18.0. The molecule has 1 aliphatic heterocycles. The Morgan fingerprint density at radius 2 is 2.04 bits per heavy atom. The van der Waals surface area contributed by atoms with Crippen molar-refractivity contribution in [2.24, 2.45) is 5.92 Å². The minimum Gasteiger partial charge on any atom is -0.359 e. The van der Waals surface area contributed by atoms with Gasteiger partial charge in [0.25, 0.3) is 0 Å². The summed E-state index contributed by atoms with van der Waals surface area (Å²) in [7, 11) is 0. The summed E-state index contributed by atoms with van der Waals surface area (Å²) < 4.78 is 5.20. The zero-order valence-electron chi connectivity index (χ0n) is 14.8. The van der Waals surface area contributed by atoms with Crippen LogP contribution in [0.3, 0.4) is 0 Å². The molecule has 0 saturated carbocycles. The van der Waals surface area contributed by atoms with Crippen molar-refractivity contribution >= 4 is 17.5 Å². The van der Waals surface area contributed by atoms with E-state index in [0.717, 1.165) is 5.56 Å². The number of rotatable bonds is 5. The lowest BCUT2D eigenvalue weighted by Gasteiger charge is -2.17. The molecule has 0 spiro atoms. The molecule has 2 heterocycles. The van der Waals surface area contributed by atoms with E-state index in [1.54, 1.807) is 11.8 Å². The second kappa shape index (κ2) is 7.09. The minimum atomic E-state index is -0.350. The molecular weight excluding hydrogens is 318 g/mol. The summed E-state index contributed by atoms with van der Waals surface area (Å²) in [6.45, 7) is 6.74. The van der Waals surface area contributed by atoms with Gasteiger partial charge in [-0.2, -0.15) is 0 Å². The number of hydrogen-bond donors (Lipinski definition) is 1. The molecule has 0 unspecified atom stereocenters. The molecule has 1 saturated heterocycles. The van der Waals surface area contributed by atoms with E-state index in [1.807, 2.05) is 38.1 Å². The van der Waals surface area contributed by atoms with Crippen molar-refractivity contribution in [3.63, 3.8) is 0 Å². The Labute approximate surface area is 147 Å². The predicted octanol–water partition coefficient (Wildman–Crippen LogP) is 2.84. The highest BCUT2D eigenvalue weighted by Crippen LogP contribution is 2.25. The molecule has 0 radical (unpaired) electrons. The van der Waals surface area contributed by atoms with Crippen molar-refractivity contribution in [3.8, 4) is 0 Å². The Balaban J connectivity index is 1.64. The number of nitrogens with zero attached hydrogens (tertiary/aromatic N) is 2. The Kier molecular flexibility index (Phi) is 4.88. The molecule has 1 N–H and O–H groups in total. The Morgan fingerprint density at radius 3 is 2.72 bits per heavy atom. The smallest absolute Gasteiger partial charge is 0.229 e. The Morgan fingerprint density at radius 1 is 1.32 bits per heavy atom. The van der Waals surface area contributed by atoms with E-state index in [1.165, 1.54) is 5.56 Å². The van der Waals surface area contributed by atoms with E-state index in [9.17, 15) is 9.59 Å². The second-order valence-corrected chi connectivity index (χ2v) is 6.57. The molecule has 25 heavy (non-hydrogen) atoms. The summed E-state index contributed by atoms with van der Waals surface area (Å²) in [4.78, 5) is 26.6. The summed E-state index contributed by atoms with van der Waals surface area (Å²) in [6, 6.07) is 8.09. The molecule has 6 nitrogen and oxygen atoms in total. The molecule has 0 aliphatic carbocycles. The summed E-state index contributed by atoms with van der Waals surface area (Å²) in [5.74, 6) is 0.169. The molecule has 1 aromatic heterocycles. The molecule has 1 aromatic carbocycles. The third kappa shape index (κ3) is 3.73. The average molecular weight is 341 g/mol. The fourth-order valence-corrected chi connectivity index (χ4v) is 3.06. The van der Waals surface area contributed by atoms with Crippen LogP contribution < -0.4 is 5.32 Å². The zero-order valence-corrected chi connectivity index (χ0v) is 14.8. The number of likely N-dealkylation sites (tertiary alicyclic amines) is 1. The largest absolute Gasteiger partial charge is 0.359 e. The molecule has 1 aliphatic rings. The van der Waals surface area contributed by atoms with Crippen LogP contribution in [0.2, 0.25) is 0 Å². The van der Waals surface area contributed by atoms with E-state index in [2.05, 4.69) is 10.5 Å². The Bertz CT molecular complexity index is 780. The number of carbonyl (C=O) groups excluding carboxylic acids is 2. The highest BCUT2D eigenvalue weighted by atomic mass is 16.5. The molecule has 132 valence electrons. The first kappa shape index (κ1) is 17.2. The quantitative estimate of drug-likeness (QED) is 0.907. The lowest BCUT2D eigenvalue weighted by Crippen LogP contribution is -2.28. The number of amides is 2. The number of benzene rings is 1. The van der Waals surface area contributed by atoms with E-state index >= 15 is 0 Å². The van der Waals surface area contributed by atoms with Crippen molar-refractivity contribution in [2.45, 2.75) is 40.2 Å². The van der Waals surface area contributed by atoms with Crippen LogP contribution in [-0.4, -0.2) is 28.4 Å². The van der Waals surface area contributed by atoms with Crippen molar-refractivity contribution in [2.75, 3.05) is 11.9 Å². The minimum absolute atomic E-state index is 0.0125. The SMILES string of the molecule is CCc1onc(C)c1NC(=O)[C@H]1CC(=O)N(Cc2ccc(C)cc2)C1. The van der Waals surface area contributed by atoms with Gasteiger partial charge in [-0.15, -0.1) is 0 Å². The first-order chi connectivity index (χ1) is 12.0. The van der Waals surface area contributed by atoms with Crippen LogP contribution in [0.5, 0.6) is 0 Å². The number of aryl methyl sites for hydroxylation is 3.